The van der Waals surface area contributed by atoms with Gasteiger partial charge in [0, 0.05) is 0 Å². The molecule has 0 heterocycles. The first-order chi connectivity index (χ1) is 9.00. The van der Waals surface area contributed by atoms with Crippen LogP contribution in [0.2, 0.25) is 0 Å². The van der Waals surface area contributed by atoms with Crippen molar-refractivity contribution in [1.82, 2.24) is 0 Å². The summed E-state index contributed by atoms with van der Waals surface area (Å²) in [5, 5.41) is 2.49. The summed E-state index contributed by atoms with van der Waals surface area (Å²) in [6, 6.07) is 8.73. The number of anilines is 1. The van der Waals surface area contributed by atoms with Gasteiger partial charge in [-0.25, -0.2) is 8.78 Å². The number of nitrogens with one attached hydrogen (secondary N) is 1. The smallest absolute Gasteiger partial charge is 0.258 e. The molecule has 0 spiro atoms. The topological polar surface area (TPSA) is 29.1 Å². The van der Waals surface area contributed by atoms with Gasteiger partial charge in [0.1, 0.15) is 11.6 Å². The Morgan fingerprint density at radius 3 is 2.58 bits per heavy atom. The maximum absolute atomic E-state index is 13.8. The average Bonchev–Trinajstić information content (AvgIpc) is 2.38. The Labute approximate surface area is 130 Å². The van der Waals surface area contributed by atoms with Gasteiger partial charge in [-0.15, -0.1) is 0 Å². The van der Waals surface area contributed by atoms with E-state index in [0.29, 0.717) is 5.69 Å². The van der Waals surface area contributed by atoms with Gasteiger partial charge >= 0.3 is 0 Å². The maximum Gasteiger partial charge on any atom is 0.258 e. The Bertz CT molecular complexity index is 649. The molecule has 98 valence electrons. The van der Waals surface area contributed by atoms with Gasteiger partial charge < -0.3 is 5.32 Å². The highest BCUT2D eigenvalue weighted by Gasteiger charge is 2.15. The van der Waals surface area contributed by atoms with Crippen LogP contribution < -0.4 is 5.32 Å². The number of hydrogen-bond acceptors (Lipinski definition) is 1. The molecule has 0 fully saturated rings. The van der Waals surface area contributed by atoms with E-state index < -0.39 is 17.5 Å². The third kappa shape index (κ3) is 3.11. The first-order valence-corrected chi connectivity index (χ1v) is 7.07. The van der Waals surface area contributed by atoms with Crippen molar-refractivity contribution < 1.29 is 13.6 Å². The zero-order valence-electron chi connectivity index (χ0n) is 9.38. The van der Waals surface area contributed by atoms with E-state index in [1.165, 1.54) is 24.3 Å². The molecule has 6 heteroatoms. The van der Waals surface area contributed by atoms with Gasteiger partial charge in [0.05, 0.1) is 19.3 Å². The van der Waals surface area contributed by atoms with E-state index in [4.69, 9.17) is 0 Å². The fraction of sp³-hybridized carbons (Fsp3) is 0. The summed E-state index contributed by atoms with van der Waals surface area (Å²) in [7, 11) is 0. The van der Waals surface area contributed by atoms with E-state index in [2.05, 4.69) is 21.2 Å². The van der Waals surface area contributed by atoms with Crippen LogP contribution in [0.3, 0.4) is 0 Å². The predicted octanol–water partition coefficient (Wildman–Crippen LogP) is 4.58. The summed E-state index contributed by atoms with van der Waals surface area (Å²) < 4.78 is 27.6. The molecular weight excluding hydrogens is 431 g/mol. The van der Waals surface area contributed by atoms with Crippen LogP contribution >= 0.6 is 38.5 Å². The summed E-state index contributed by atoms with van der Waals surface area (Å²) >= 11 is 4.79. The van der Waals surface area contributed by atoms with Crippen LogP contribution in [0, 0.1) is 15.2 Å². The molecule has 0 aliphatic carbocycles. The van der Waals surface area contributed by atoms with Crippen LogP contribution in [-0.2, 0) is 0 Å². The molecule has 2 aromatic rings. The second kappa shape index (κ2) is 5.96. The second-order valence-electron chi connectivity index (χ2n) is 3.66. The molecule has 0 saturated carbocycles. The summed E-state index contributed by atoms with van der Waals surface area (Å²) in [4.78, 5) is 12.0. The Balaban J connectivity index is 2.31. The van der Waals surface area contributed by atoms with Gasteiger partial charge in [-0.2, -0.15) is 0 Å². The molecule has 0 unspecified atom stereocenters. The van der Waals surface area contributed by atoms with Crippen molar-refractivity contribution >= 4 is 50.1 Å². The minimum atomic E-state index is -0.647. The van der Waals surface area contributed by atoms with Crippen LogP contribution in [0.1, 0.15) is 10.4 Å². The molecule has 0 aromatic heterocycles. The lowest BCUT2D eigenvalue weighted by Crippen LogP contribution is -2.15. The molecule has 19 heavy (non-hydrogen) atoms. The molecule has 2 aromatic carbocycles. The molecule has 2 nitrogen and oxygen atoms in total. The van der Waals surface area contributed by atoms with Gasteiger partial charge in [-0.05, 0) is 62.8 Å². The van der Waals surface area contributed by atoms with E-state index in [1.54, 1.807) is 34.7 Å². The first kappa shape index (κ1) is 14.4. The highest BCUT2D eigenvalue weighted by atomic mass is 127. The minimum absolute atomic E-state index is 0.102. The van der Waals surface area contributed by atoms with E-state index in [1.807, 2.05) is 0 Å². The highest BCUT2D eigenvalue weighted by Crippen LogP contribution is 2.23. The Kier molecular flexibility index (Phi) is 4.51. The molecule has 0 radical (unpaired) electrons. The molecule has 1 amide bonds. The van der Waals surface area contributed by atoms with Crippen LogP contribution in [0.5, 0.6) is 0 Å². The number of rotatable bonds is 2. The molecule has 0 aliphatic heterocycles. The highest BCUT2D eigenvalue weighted by molar-refractivity contribution is 14.1. The monoisotopic (exact) mass is 437 g/mol. The van der Waals surface area contributed by atoms with Gasteiger partial charge in [-0.1, -0.05) is 12.1 Å². The number of hydrogen-bond donors (Lipinski definition) is 1. The van der Waals surface area contributed by atoms with Crippen molar-refractivity contribution in [2.24, 2.45) is 0 Å². The van der Waals surface area contributed by atoms with E-state index >= 15 is 0 Å². The lowest BCUT2D eigenvalue weighted by Gasteiger charge is -2.09. The number of benzene rings is 2. The third-order valence-electron chi connectivity index (χ3n) is 2.40. The number of halogens is 4. The first-order valence-electron chi connectivity index (χ1n) is 5.20. The van der Waals surface area contributed by atoms with Gasteiger partial charge in [0.15, 0.2) is 0 Å². The van der Waals surface area contributed by atoms with E-state index in [-0.39, 0.29) is 13.6 Å². The van der Waals surface area contributed by atoms with Crippen molar-refractivity contribution in [3.8, 4) is 0 Å². The lowest BCUT2D eigenvalue weighted by atomic mass is 10.2. The lowest BCUT2D eigenvalue weighted by molar-refractivity contribution is 0.102. The van der Waals surface area contributed by atoms with Crippen molar-refractivity contribution in [1.29, 1.82) is 0 Å². The van der Waals surface area contributed by atoms with Gasteiger partial charge in [-0.3, -0.25) is 4.79 Å². The molecule has 2 rings (SSSR count). The second-order valence-corrected chi connectivity index (χ2v) is 5.59. The SMILES string of the molecule is O=C(Nc1cccc(F)c1I)c1cccc(Br)c1F. The normalized spacial score (nSPS) is 10.3. The van der Waals surface area contributed by atoms with Crippen LogP contribution in [0.4, 0.5) is 14.5 Å². The van der Waals surface area contributed by atoms with Crippen molar-refractivity contribution in [3.05, 3.63) is 61.6 Å². The van der Waals surface area contributed by atoms with Crippen molar-refractivity contribution in [2.75, 3.05) is 5.32 Å². The number of carbonyl (C=O) groups is 1. The molecule has 0 bridgehead atoms. The van der Waals surface area contributed by atoms with E-state index in [0.717, 1.165) is 0 Å². The fourth-order valence-corrected chi connectivity index (χ4v) is 2.33. The van der Waals surface area contributed by atoms with Crippen molar-refractivity contribution in [3.63, 3.8) is 0 Å². The molecule has 0 atom stereocenters. The number of carbonyl (C=O) groups excluding carboxylic acids is 1. The van der Waals surface area contributed by atoms with Crippen molar-refractivity contribution in [2.45, 2.75) is 0 Å². The Morgan fingerprint density at radius 2 is 1.84 bits per heavy atom. The van der Waals surface area contributed by atoms with Gasteiger partial charge in [0.25, 0.3) is 5.91 Å². The van der Waals surface area contributed by atoms with Crippen LogP contribution in [-0.4, -0.2) is 5.91 Å². The zero-order valence-corrected chi connectivity index (χ0v) is 13.1. The standard InChI is InChI=1S/C13H7BrF2INO/c14-8-4-1-3-7(11(8)16)13(19)18-10-6-2-5-9(15)12(10)17/h1-6H,(H,18,19). The predicted molar refractivity (Wildman–Crippen MR) is 81.2 cm³/mol. The molecular formula is C13H7BrF2INO. The summed E-state index contributed by atoms with van der Waals surface area (Å²) in [5.74, 6) is -1.71. The summed E-state index contributed by atoms with van der Waals surface area (Å²) in [6.45, 7) is 0. The molecule has 0 saturated heterocycles. The van der Waals surface area contributed by atoms with Crippen LogP contribution in [0.15, 0.2) is 40.9 Å². The molecule has 1 N–H and O–H groups in total. The summed E-state index contributed by atoms with van der Waals surface area (Å²) in [6.07, 6.45) is 0. The maximum atomic E-state index is 13.8. The Morgan fingerprint density at radius 1 is 1.16 bits per heavy atom. The van der Waals surface area contributed by atoms with E-state index in [9.17, 15) is 13.6 Å². The quantitative estimate of drug-likeness (QED) is 0.684. The molecule has 0 aliphatic rings. The zero-order chi connectivity index (χ0) is 14.0. The largest absolute Gasteiger partial charge is 0.321 e. The summed E-state index contributed by atoms with van der Waals surface area (Å²) in [5.41, 5.74) is 0.208. The third-order valence-corrected chi connectivity index (χ3v) is 4.10. The minimum Gasteiger partial charge on any atom is -0.321 e. The fourth-order valence-electron chi connectivity index (χ4n) is 1.47. The Hall–Kier alpha value is -1.02. The van der Waals surface area contributed by atoms with Gasteiger partial charge in [0.2, 0.25) is 0 Å². The average molecular weight is 438 g/mol. The number of amides is 1. The van der Waals surface area contributed by atoms with Crippen LogP contribution in [0.25, 0.3) is 0 Å².